The summed E-state index contributed by atoms with van der Waals surface area (Å²) in [6.45, 7) is 0.208. The van der Waals surface area contributed by atoms with Gasteiger partial charge in [0.1, 0.15) is 17.9 Å². The van der Waals surface area contributed by atoms with Gasteiger partial charge in [-0.1, -0.05) is 0 Å². The van der Waals surface area contributed by atoms with Gasteiger partial charge in [0.15, 0.2) is 0 Å². The Bertz CT molecular complexity index is 682. The van der Waals surface area contributed by atoms with Gasteiger partial charge in [0.05, 0.1) is 19.3 Å². The number of rotatable bonds is 5. The van der Waals surface area contributed by atoms with Crippen molar-refractivity contribution in [3.63, 3.8) is 0 Å². The zero-order chi connectivity index (χ0) is 14.5. The molecule has 2 aromatic rings. The molecule has 6 heteroatoms. The van der Waals surface area contributed by atoms with E-state index in [0.717, 1.165) is 6.29 Å². The maximum Gasteiger partial charge on any atom is 0.266 e. The topological polar surface area (TPSA) is 61.2 Å². The highest BCUT2D eigenvalue weighted by Crippen LogP contribution is 2.28. The first kappa shape index (κ1) is 13.9. The lowest BCUT2D eigenvalue weighted by Gasteiger charge is -2.09. The van der Waals surface area contributed by atoms with Gasteiger partial charge in [0, 0.05) is 24.1 Å². The maximum atomic E-state index is 13.2. The van der Waals surface area contributed by atoms with Gasteiger partial charge >= 0.3 is 0 Å². The fourth-order valence-electron chi connectivity index (χ4n) is 1.80. The Balaban J connectivity index is 2.47. The van der Waals surface area contributed by atoms with Crippen molar-refractivity contribution in [2.45, 2.75) is 13.0 Å². The van der Waals surface area contributed by atoms with E-state index in [9.17, 15) is 14.0 Å². The molecule has 2 rings (SSSR count). The third-order valence-corrected chi connectivity index (χ3v) is 2.76. The van der Waals surface area contributed by atoms with Crippen LogP contribution in [0.15, 0.2) is 35.1 Å². The Morgan fingerprint density at radius 3 is 2.85 bits per heavy atom. The van der Waals surface area contributed by atoms with E-state index >= 15 is 0 Å². The Hall–Kier alpha value is -2.50. The minimum atomic E-state index is -0.417. The molecule has 0 aliphatic rings. The quantitative estimate of drug-likeness (QED) is 0.779. The van der Waals surface area contributed by atoms with Crippen molar-refractivity contribution in [2.24, 2.45) is 0 Å². The molecule has 0 N–H and O–H groups in total. The zero-order valence-electron chi connectivity index (χ0n) is 10.9. The first-order valence-electron chi connectivity index (χ1n) is 6.01. The Morgan fingerprint density at radius 1 is 1.35 bits per heavy atom. The molecule has 104 valence electrons. The highest BCUT2D eigenvalue weighted by molar-refractivity contribution is 5.66. The first-order valence-corrected chi connectivity index (χ1v) is 6.01. The van der Waals surface area contributed by atoms with E-state index in [4.69, 9.17) is 4.74 Å². The molecule has 0 bridgehead atoms. The molecular formula is C14H13FN2O3. The summed E-state index contributed by atoms with van der Waals surface area (Å²) in [5, 5.41) is 4.16. The first-order chi connectivity index (χ1) is 9.65. The molecule has 0 unspecified atom stereocenters. The van der Waals surface area contributed by atoms with Gasteiger partial charge in [-0.15, -0.1) is 0 Å². The van der Waals surface area contributed by atoms with Crippen LogP contribution in [0, 0.1) is 5.82 Å². The Morgan fingerprint density at radius 2 is 2.15 bits per heavy atom. The number of methoxy groups -OCH3 is 1. The molecule has 1 aromatic heterocycles. The van der Waals surface area contributed by atoms with Gasteiger partial charge in [-0.3, -0.25) is 4.79 Å². The second-order valence-electron chi connectivity index (χ2n) is 4.08. The van der Waals surface area contributed by atoms with Crippen LogP contribution in [0.25, 0.3) is 11.3 Å². The summed E-state index contributed by atoms with van der Waals surface area (Å²) >= 11 is 0. The molecule has 20 heavy (non-hydrogen) atoms. The molecule has 0 saturated carbocycles. The van der Waals surface area contributed by atoms with E-state index < -0.39 is 5.82 Å². The molecule has 0 amide bonds. The van der Waals surface area contributed by atoms with Gasteiger partial charge in [-0.25, -0.2) is 9.07 Å². The number of hydrogen-bond acceptors (Lipinski definition) is 4. The number of hydrogen-bond donors (Lipinski definition) is 0. The summed E-state index contributed by atoms with van der Waals surface area (Å²) in [6.07, 6.45) is 0.927. The van der Waals surface area contributed by atoms with E-state index in [1.807, 2.05) is 0 Å². The third kappa shape index (κ3) is 2.90. The highest BCUT2D eigenvalue weighted by Gasteiger charge is 2.10. The van der Waals surface area contributed by atoms with E-state index in [0.29, 0.717) is 17.0 Å². The smallest absolute Gasteiger partial charge is 0.266 e. The molecule has 0 atom stereocenters. The van der Waals surface area contributed by atoms with Crippen molar-refractivity contribution in [1.82, 2.24) is 9.78 Å². The second-order valence-corrected chi connectivity index (χ2v) is 4.08. The fourth-order valence-corrected chi connectivity index (χ4v) is 1.80. The van der Waals surface area contributed by atoms with Crippen LogP contribution in [0.5, 0.6) is 5.75 Å². The lowest BCUT2D eigenvalue weighted by molar-refractivity contribution is -0.108. The summed E-state index contributed by atoms with van der Waals surface area (Å²) in [5.74, 6) is -0.0852. The Kier molecular flexibility index (Phi) is 4.24. The number of ether oxygens (including phenoxy) is 1. The van der Waals surface area contributed by atoms with Gasteiger partial charge < -0.3 is 9.53 Å². The van der Waals surface area contributed by atoms with Gasteiger partial charge in [-0.05, 0) is 18.2 Å². The summed E-state index contributed by atoms with van der Waals surface area (Å²) in [4.78, 5) is 22.0. The summed E-state index contributed by atoms with van der Waals surface area (Å²) in [6, 6.07) is 6.97. The normalized spacial score (nSPS) is 10.3. The summed E-state index contributed by atoms with van der Waals surface area (Å²) in [7, 11) is 1.43. The lowest BCUT2D eigenvalue weighted by Crippen LogP contribution is -2.22. The standard InChI is InChI=1S/C14H13FN2O3/c1-20-13-9-10(15)3-4-11(13)12-5-6-14(19)17(16-12)7-2-8-18/h3-6,8-9H,2,7H2,1H3. The van der Waals surface area contributed by atoms with E-state index in [2.05, 4.69) is 5.10 Å². The van der Waals surface area contributed by atoms with Crippen molar-refractivity contribution in [3.8, 4) is 17.0 Å². The number of benzene rings is 1. The van der Waals surface area contributed by atoms with Gasteiger partial charge in [0.25, 0.3) is 5.56 Å². The average molecular weight is 276 g/mol. The van der Waals surface area contributed by atoms with Crippen LogP contribution >= 0.6 is 0 Å². The van der Waals surface area contributed by atoms with Crippen LogP contribution in [-0.2, 0) is 11.3 Å². The number of aromatic nitrogens is 2. The highest BCUT2D eigenvalue weighted by atomic mass is 19.1. The fraction of sp³-hybridized carbons (Fsp3) is 0.214. The molecule has 1 aromatic carbocycles. The average Bonchev–Trinajstić information content (AvgIpc) is 2.46. The molecular weight excluding hydrogens is 263 g/mol. The predicted molar refractivity (Wildman–Crippen MR) is 71.1 cm³/mol. The largest absolute Gasteiger partial charge is 0.496 e. The third-order valence-electron chi connectivity index (χ3n) is 2.76. The second kappa shape index (κ2) is 6.10. The van der Waals surface area contributed by atoms with Gasteiger partial charge in [0.2, 0.25) is 0 Å². The maximum absolute atomic E-state index is 13.2. The van der Waals surface area contributed by atoms with Crippen LogP contribution in [0.3, 0.4) is 0 Å². The van der Waals surface area contributed by atoms with Crippen molar-refractivity contribution in [2.75, 3.05) is 7.11 Å². The number of aryl methyl sites for hydroxylation is 1. The van der Waals surface area contributed by atoms with Crippen molar-refractivity contribution >= 4 is 6.29 Å². The molecule has 0 spiro atoms. The monoisotopic (exact) mass is 276 g/mol. The number of nitrogens with zero attached hydrogens (tertiary/aromatic N) is 2. The predicted octanol–water partition coefficient (Wildman–Crippen LogP) is 1.65. The molecule has 5 nitrogen and oxygen atoms in total. The lowest BCUT2D eigenvalue weighted by atomic mass is 10.1. The summed E-state index contributed by atoms with van der Waals surface area (Å²) in [5.41, 5.74) is 0.762. The van der Waals surface area contributed by atoms with E-state index in [1.54, 1.807) is 0 Å². The van der Waals surface area contributed by atoms with Crippen LogP contribution in [-0.4, -0.2) is 23.2 Å². The van der Waals surface area contributed by atoms with Crippen LogP contribution < -0.4 is 10.3 Å². The molecule has 1 heterocycles. The minimum Gasteiger partial charge on any atom is -0.496 e. The van der Waals surface area contributed by atoms with Crippen LogP contribution in [0.2, 0.25) is 0 Å². The SMILES string of the molecule is COc1cc(F)ccc1-c1ccc(=O)n(CCC=O)n1. The number of halogens is 1. The van der Waals surface area contributed by atoms with Crippen molar-refractivity contribution in [3.05, 3.63) is 46.5 Å². The van der Waals surface area contributed by atoms with Crippen molar-refractivity contribution < 1.29 is 13.9 Å². The molecule has 0 radical (unpaired) electrons. The van der Waals surface area contributed by atoms with Crippen LogP contribution in [0.1, 0.15) is 6.42 Å². The zero-order valence-corrected chi connectivity index (χ0v) is 10.9. The minimum absolute atomic E-state index is 0.205. The molecule has 0 fully saturated rings. The summed E-state index contributed by atoms with van der Waals surface area (Å²) < 4.78 is 19.5. The van der Waals surface area contributed by atoms with E-state index in [1.165, 1.54) is 42.1 Å². The number of carbonyl (C=O) groups is 1. The van der Waals surface area contributed by atoms with Crippen molar-refractivity contribution in [1.29, 1.82) is 0 Å². The Labute approximate surface area is 114 Å². The van der Waals surface area contributed by atoms with E-state index in [-0.39, 0.29) is 18.5 Å². The molecule has 0 aliphatic heterocycles. The molecule has 0 saturated heterocycles. The number of carbonyl (C=O) groups excluding carboxylic acids is 1. The number of aldehydes is 1. The van der Waals surface area contributed by atoms with Gasteiger partial charge in [-0.2, -0.15) is 5.10 Å². The molecule has 0 aliphatic carbocycles. The van der Waals surface area contributed by atoms with Crippen LogP contribution in [0.4, 0.5) is 4.39 Å².